The number of nitrogens with one attached hydrogen (secondary N) is 1. The molecule has 2 fully saturated rings. The van der Waals surface area contributed by atoms with Crippen LogP contribution in [0.3, 0.4) is 0 Å². The normalized spacial score (nSPS) is 25.2. The van der Waals surface area contributed by atoms with Gasteiger partial charge in [0.05, 0.1) is 12.2 Å². The molecule has 5 heteroatoms. The Bertz CT molecular complexity index is 358. The Hall–Kier alpha value is -1.10. The zero-order valence-electron chi connectivity index (χ0n) is 12.1. The van der Waals surface area contributed by atoms with Gasteiger partial charge in [0.25, 0.3) is 0 Å². The fourth-order valence-electron chi connectivity index (χ4n) is 2.28. The first kappa shape index (κ1) is 14.3. The summed E-state index contributed by atoms with van der Waals surface area (Å²) in [6.07, 6.45) is 2.48. The molecule has 0 spiro atoms. The lowest BCUT2D eigenvalue weighted by Gasteiger charge is -2.26. The number of rotatable bonds is 4. The van der Waals surface area contributed by atoms with E-state index in [9.17, 15) is 9.59 Å². The van der Waals surface area contributed by atoms with Crippen molar-refractivity contribution < 1.29 is 14.3 Å². The standard InChI is InChI=1S/C14H24N2O3/c1-14(2,3)19-9-8-16-7-6-11(17)15-12(13(16)18)10-4-5-10/h10,12H,4-9H2,1-3H3,(H,15,17). The molecule has 1 saturated carbocycles. The third-order valence-corrected chi connectivity index (χ3v) is 3.49. The van der Waals surface area contributed by atoms with Crippen molar-refractivity contribution in [2.75, 3.05) is 19.7 Å². The van der Waals surface area contributed by atoms with Crippen molar-refractivity contribution in [3.05, 3.63) is 0 Å². The van der Waals surface area contributed by atoms with Gasteiger partial charge in [0.2, 0.25) is 11.8 Å². The Morgan fingerprint density at radius 3 is 2.58 bits per heavy atom. The number of carbonyl (C=O) groups excluding carboxylic acids is 2. The van der Waals surface area contributed by atoms with E-state index in [4.69, 9.17) is 4.74 Å². The lowest BCUT2D eigenvalue weighted by atomic mass is 10.1. The van der Waals surface area contributed by atoms with Crippen molar-refractivity contribution in [2.24, 2.45) is 5.92 Å². The Balaban J connectivity index is 1.90. The monoisotopic (exact) mass is 268 g/mol. The van der Waals surface area contributed by atoms with E-state index >= 15 is 0 Å². The molecule has 1 aliphatic heterocycles. The van der Waals surface area contributed by atoms with E-state index in [1.165, 1.54) is 0 Å². The highest BCUT2D eigenvalue weighted by Gasteiger charge is 2.40. The summed E-state index contributed by atoms with van der Waals surface area (Å²) in [5.74, 6) is 0.399. The van der Waals surface area contributed by atoms with Gasteiger partial charge in [-0.05, 0) is 39.5 Å². The molecule has 1 aliphatic carbocycles. The molecule has 1 N–H and O–H groups in total. The van der Waals surface area contributed by atoms with E-state index < -0.39 is 0 Å². The molecule has 1 saturated heterocycles. The molecule has 0 bridgehead atoms. The Labute approximate surface area is 114 Å². The minimum atomic E-state index is -0.301. The average molecular weight is 268 g/mol. The van der Waals surface area contributed by atoms with Crippen molar-refractivity contribution in [3.8, 4) is 0 Å². The molecule has 0 aromatic carbocycles. The van der Waals surface area contributed by atoms with Gasteiger partial charge in [-0.15, -0.1) is 0 Å². The summed E-state index contributed by atoms with van der Waals surface area (Å²) < 4.78 is 5.66. The predicted molar refractivity (Wildman–Crippen MR) is 71.6 cm³/mol. The maximum atomic E-state index is 12.4. The molecule has 2 rings (SSSR count). The minimum absolute atomic E-state index is 0.00973. The molecule has 2 amide bonds. The van der Waals surface area contributed by atoms with Crippen LogP contribution in [0.4, 0.5) is 0 Å². The third kappa shape index (κ3) is 4.20. The van der Waals surface area contributed by atoms with Gasteiger partial charge >= 0.3 is 0 Å². The lowest BCUT2D eigenvalue weighted by molar-refractivity contribution is -0.135. The number of amides is 2. The second-order valence-electron chi connectivity index (χ2n) is 6.42. The van der Waals surface area contributed by atoms with Crippen molar-refractivity contribution in [1.82, 2.24) is 10.2 Å². The molecule has 108 valence electrons. The molecule has 1 unspecified atom stereocenters. The summed E-state index contributed by atoms with van der Waals surface area (Å²) in [4.78, 5) is 25.8. The zero-order valence-corrected chi connectivity index (χ0v) is 12.1. The second kappa shape index (κ2) is 5.49. The van der Waals surface area contributed by atoms with Crippen LogP contribution in [0.5, 0.6) is 0 Å². The third-order valence-electron chi connectivity index (χ3n) is 3.49. The fourth-order valence-corrected chi connectivity index (χ4v) is 2.28. The molecule has 1 atom stereocenters. The van der Waals surface area contributed by atoms with Crippen LogP contribution in [-0.4, -0.2) is 48.1 Å². The SMILES string of the molecule is CC(C)(C)OCCN1CCC(=O)NC(C2CC2)C1=O. The number of nitrogens with zero attached hydrogens (tertiary/aromatic N) is 1. The van der Waals surface area contributed by atoms with Gasteiger partial charge in [-0.25, -0.2) is 0 Å². The second-order valence-corrected chi connectivity index (χ2v) is 6.42. The average Bonchev–Trinajstić information content (AvgIpc) is 3.11. The summed E-state index contributed by atoms with van der Waals surface area (Å²) in [6.45, 7) is 7.57. The molecule has 5 nitrogen and oxygen atoms in total. The van der Waals surface area contributed by atoms with Gasteiger partial charge in [0.1, 0.15) is 6.04 Å². The van der Waals surface area contributed by atoms with Crippen LogP contribution >= 0.6 is 0 Å². The highest BCUT2D eigenvalue weighted by atomic mass is 16.5. The van der Waals surface area contributed by atoms with E-state index in [0.29, 0.717) is 32.0 Å². The van der Waals surface area contributed by atoms with Crippen molar-refractivity contribution in [2.45, 2.75) is 51.7 Å². The molecule has 1 heterocycles. The summed E-state index contributed by atoms with van der Waals surface area (Å²) in [5.41, 5.74) is -0.196. The van der Waals surface area contributed by atoms with Gasteiger partial charge in [-0.3, -0.25) is 9.59 Å². The van der Waals surface area contributed by atoms with Gasteiger partial charge in [0.15, 0.2) is 0 Å². The summed E-state index contributed by atoms with van der Waals surface area (Å²) >= 11 is 0. The highest BCUT2D eigenvalue weighted by molar-refractivity contribution is 5.90. The van der Waals surface area contributed by atoms with E-state index in [1.807, 2.05) is 20.8 Å². The van der Waals surface area contributed by atoms with Crippen molar-refractivity contribution >= 4 is 11.8 Å². The van der Waals surface area contributed by atoms with E-state index in [-0.39, 0.29) is 23.5 Å². The van der Waals surface area contributed by atoms with E-state index in [1.54, 1.807) is 4.90 Å². The van der Waals surface area contributed by atoms with Crippen LogP contribution in [0, 0.1) is 5.92 Å². The number of hydrogen-bond donors (Lipinski definition) is 1. The molecule has 19 heavy (non-hydrogen) atoms. The number of ether oxygens (including phenoxy) is 1. The smallest absolute Gasteiger partial charge is 0.245 e. The van der Waals surface area contributed by atoms with Crippen molar-refractivity contribution in [1.29, 1.82) is 0 Å². The highest BCUT2D eigenvalue weighted by Crippen LogP contribution is 2.34. The van der Waals surface area contributed by atoms with Crippen LogP contribution in [0.1, 0.15) is 40.0 Å². The molecular weight excluding hydrogens is 244 g/mol. The van der Waals surface area contributed by atoms with Crippen LogP contribution in [0.25, 0.3) is 0 Å². The minimum Gasteiger partial charge on any atom is -0.374 e. The Morgan fingerprint density at radius 2 is 2.00 bits per heavy atom. The van der Waals surface area contributed by atoms with Crippen molar-refractivity contribution in [3.63, 3.8) is 0 Å². The van der Waals surface area contributed by atoms with Crippen LogP contribution < -0.4 is 5.32 Å². The van der Waals surface area contributed by atoms with Crippen LogP contribution in [-0.2, 0) is 14.3 Å². The predicted octanol–water partition coefficient (Wildman–Crippen LogP) is 0.929. The van der Waals surface area contributed by atoms with Gasteiger partial charge in [-0.1, -0.05) is 0 Å². The molecule has 0 aromatic heterocycles. The van der Waals surface area contributed by atoms with Crippen LogP contribution in [0.15, 0.2) is 0 Å². The van der Waals surface area contributed by atoms with Crippen LogP contribution in [0.2, 0.25) is 0 Å². The number of hydrogen-bond acceptors (Lipinski definition) is 3. The quantitative estimate of drug-likeness (QED) is 0.825. The molecular formula is C14H24N2O3. The zero-order chi connectivity index (χ0) is 14.0. The molecule has 0 aromatic rings. The first-order valence-electron chi connectivity index (χ1n) is 7.09. The lowest BCUT2D eigenvalue weighted by Crippen LogP contribution is -2.47. The first-order valence-corrected chi connectivity index (χ1v) is 7.09. The summed E-state index contributed by atoms with van der Waals surface area (Å²) in [5, 5.41) is 2.86. The summed E-state index contributed by atoms with van der Waals surface area (Å²) in [6, 6.07) is -0.301. The maximum Gasteiger partial charge on any atom is 0.245 e. The first-order chi connectivity index (χ1) is 8.87. The molecule has 0 radical (unpaired) electrons. The van der Waals surface area contributed by atoms with Gasteiger partial charge in [-0.2, -0.15) is 0 Å². The Kier molecular flexibility index (Phi) is 4.13. The number of carbonyl (C=O) groups is 2. The fraction of sp³-hybridized carbons (Fsp3) is 0.857. The van der Waals surface area contributed by atoms with E-state index in [2.05, 4.69) is 5.32 Å². The van der Waals surface area contributed by atoms with Gasteiger partial charge < -0.3 is 15.0 Å². The molecule has 2 aliphatic rings. The maximum absolute atomic E-state index is 12.4. The topological polar surface area (TPSA) is 58.6 Å². The largest absolute Gasteiger partial charge is 0.374 e. The van der Waals surface area contributed by atoms with Gasteiger partial charge in [0, 0.05) is 19.5 Å². The van der Waals surface area contributed by atoms with E-state index in [0.717, 1.165) is 12.8 Å². The summed E-state index contributed by atoms with van der Waals surface area (Å²) in [7, 11) is 0. The Morgan fingerprint density at radius 1 is 1.32 bits per heavy atom.